The largest absolute Gasteiger partial charge is 0.497 e. The lowest BCUT2D eigenvalue weighted by atomic mass is 10.1. The van der Waals surface area contributed by atoms with E-state index >= 15 is 0 Å². The molecule has 0 atom stereocenters. The van der Waals surface area contributed by atoms with Crippen molar-refractivity contribution in [1.82, 2.24) is 15.3 Å². The molecule has 0 spiro atoms. The van der Waals surface area contributed by atoms with Crippen molar-refractivity contribution in [2.75, 3.05) is 7.11 Å². The summed E-state index contributed by atoms with van der Waals surface area (Å²) in [6, 6.07) is 13.0. The number of nitrogens with one attached hydrogen (secondary N) is 1. The Labute approximate surface area is 128 Å². The summed E-state index contributed by atoms with van der Waals surface area (Å²) in [5.74, 6) is 0.672. The van der Waals surface area contributed by atoms with Gasteiger partial charge in [0.15, 0.2) is 0 Å². The fourth-order valence-corrected chi connectivity index (χ4v) is 2.15. The van der Waals surface area contributed by atoms with Crippen LogP contribution in [0.4, 0.5) is 0 Å². The molecule has 22 heavy (non-hydrogen) atoms. The maximum atomic E-state index is 12.2. The summed E-state index contributed by atoms with van der Waals surface area (Å²) in [5.41, 5.74) is 2.43. The molecule has 0 saturated heterocycles. The minimum atomic E-state index is -0.124. The minimum Gasteiger partial charge on any atom is -0.497 e. The van der Waals surface area contributed by atoms with Crippen LogP contribution >= 0.6 is 0 Å². The predicted molar refractivity (Wildman–Crippen MR) is 83.7 cm³/mol. The minimum absolute atomic E-state index is 0.124. The summed E-state index contributed by atoms with van der Waals surface area (Å²) >= 11 is 0. The average Bonchev–Trinajstić information content (AvgIpc) is 2.59. The number of carbonyl (C=O) groups excluding carboxylic acids is 1. The van der Waals surface area contributed by atoms with E-state index in [4.69, 9.17) is 4.74 Å². The van der Waals surface area contributed by atoms with Gasteiger partial charge < -0.3 is 10.1 Å². The molecule has 0 fully saturated rings. The normalized spacial score (nSPS) is 10.4. The number of ether oxygens (including phenoxy) is 1. The standard InChI is InChI=1S/C17H15N3O2/c1-22-15-5-2-12(3-6-15)9-19-17(21)13-4-7-16-14(8-13)10-18-11-20-16/h2-8,10-11H,9H2,1H3,(H,19,21). The van der Waals surface area contributed by atoms with Gasteiger partial charge in [-0.2, -0.15) is 0 Å². The van der Waals surface area contributed by atoms with Gasteiger partial charge >= 0.3 is 0 Å². The van der Waals surface area contributed by atoms with Gasteiger partial charge in [-0.3, -0.25) is 4.79 Å². The van der Waals surface area contributed by atoms with E-state index in [9.17, 15) is 4.79 Å². The van der Waals surface area contributed by atoms with Crippen LogP contribution in [0.1, 0.15) is 15.9 Å². The molecule has 1 aromatic heterocycles. The maximum absolute atomic E-state index is 12.2. The van der Waals surface area contributed by atoms with E-state index < -0.39 is 0 Å². The van der Waals surface area contributed by atoms with Crippen molar-refractivity contribution in [2.45, 2.75) is 6.54 Å². The van der Waals surface area contributed by atoms with Gasteiger partial charge in [0.1, 0.15) is 12.1 Å². The van der Waals surface area contributed by atoms with Crippen molar-refractivity contribution >= 4 is 16.8 Å². The van der Waals surface area contributed by atoms with Crippen LogP contribution in [-0.4, -0.2) is 23.0 Å². The van der Waals surface area contributed by atoms with Crippen molar-refractivity contribution in [3.05, 3.63) is 66.1 Å². The molecule has 5 heteroatoms. The Balaban J connectivity index is 1.69. The molecule has 0 aliphatic heterocycles. The Morgan fingerprint density at radius 2 is 2.00 bits per heavy atom. The molecular weight excluding hydrogens is 278 g/mol. The number of nitrogens with zero attached hydrogens (tertiary/aromatic N) is 2. The zero-order valence-electron chi connectivity index (χ0n) is 12.1. The first-order valence-electron chi connectivity index (χ1n) is 6.87. The van der Waals surface area contributed by atoms with Crippen molar-refractivity contribution in [1.29, 1.82) is 0 Å². The number of hydrogen-bond donors (Lipinski definition) is 1. The van der Waals surface area contributed by atoms with Crippen molar-refractivity contribution in [3.63, 3.8) is 0 Å². The van der Waals surface area contributed by atoms with E-state index in [1.54, 1.807) is 25.4 Å². The summed E-state index contributed by atoms with van der Waals surface area (Å²) in [7, 11) is 1.63. The highest BCUT2D eigenvalue weighted by atomic mass is 16.5. The van der Waals surface area contributed by atoms with Crippen LogP contribution in [0.3, 0.4) is 0 Å². The first-order valence-corrected chi connectivity index (χ1v) is 6.87. The van der Waals surface area contributed by atoms with E-state index in [0.717, 1.165) is 22.2 Å². The second-order valence-electron chi connectivity index (χ2n) is 4.83. The van der Waals surface area contributed by atoms with Crippen LogP contribution in [0.15, 0.2) is 55.0 Å². The Hall–Kier alpha value is -2.95. The van der Waals surface area contributed by atoms with Crippen molar-refractivity contribution in [2.24, 2.45) is 0 Å². The second kappa shape index (κ2) is 6.22. The van der Waals surface area contributed by atoms with Gasteiger partial charge in [0.25, 0.3) is 5.91 Å². The summed E-state index contributed by atoms with van der Waals surface area (Å²) in [6.45, 7) is 0.464. The molecule has 1 amide bonds. The summed E-state index contributed by atoms with van der Waals surface area (Å²) in [5, 5.41) is 3.74. The lowest BCUT2D eigenvalue weighted by molar-refractivity contribution is 0.0951. The van der Waals surface area contributed by atoms with E-state index in [1.807, 2.05) is 30.3 Å². The molecule has 1 N–H and O–H groups in total. The average molecular weight is 293 g/mol. The van der Waals surface area contributed by atoms with Gasteiger partial charge in [0.05, 0.1) is 12.6 Å². The molecule has 3 rings (SSSR count). The van der Waals surface area contributed by atoms with Gasteiger partial charge in [-0.25, -0.2) is 9.97 Å². The SMILES string of the molecule is COc1ccc(CNC(=O)c2ccc3ncncc3c2)cc1. The van der Waals surface area contributed by atoms with Crippen LogP contribution in [-0.2, 0) is 6.54 Å². The summed E-state index contributed by atoms with van der Waals surface area (Å²) in [6.07, 6.45) is 3.19. The third-order valence-corrected chi connectivity index (χ3v) is 3.38. The lowest BCUT2D eigenvalue weighted by Crippen LogP contribution is -2.22. The van der Waals surface area contributed by atoms with E-state index in [1.165, 1.54) is 6.33 Å². The summed E-state index contributed by atoms with van der Waals surface area (Å²) < 4.78 is 5.11. The van der Waals surface area contributed by atoms with Crippen molar-refractivity contribution in [3.8, 4) is 5.75 Å². The number of amides is 1. The molecule has 2 aromatic carbocycles. The Morgan fingerprint density at radius 1 is 1.18 bits per heavy atom. The highest BCUT2D eigenvalue weighted by Crippen LogP contribution is 2.13. The van der Waals surface area contributed by atoms with Gasteiger partial charge in [-0.05, 0) is 35.9 Å². The molecule has 0 saturated carbocycles. The third-order valence-electron chi connectivity index (χ3n) is 3.38. The number of aromatic nitrogens is 2. The fourth-order valence-electron chi connectivity index (χ4n) is 2.15. The number of carbonyl (C=O) groups is 1. The predicted octanol–water partition coefficient (Wildman–Crippen LogP) is 2.57. The first-order chi connectivity index (χ1) is 10.8. The molecule has 3 aromatic rings. The van der Waals surface area contributed by atoms with Gasteiger partial charge in [-0.15, -0.1) is 0 Å². The number of rotatable bonds is 4. The molecule has 110 valence electrons. The molecule has 1 heterocycles. The number of hydrogen-bond acceptors (Lipinski definition) is 4. The Morgan fingerprint density at radius 3 is 2.77 bits per heavy atom. The summed E-state index contributed by atoms with van der Waals surface area (Å²) in [4.78, 5) is 20.3. The van der Waals surface area contributed by atoms with Gasteiger partial charge in [-0.1, -0.05) is 12.1 Å². The van der Waals surface area contributed by atoms with Crippen LogP contribution in [0.2, 0.25) is 0 Å². The lowest BCUT2D eigenvalue weighted by Gasteiger charge is -2.07. The molecule has 0 radical (unpaired) electrons. The highest BCUT2D eigenvalue weighted by Gasteiger charge is 2.06. The number of methoxy groups -OCH3 is 1. The third kappa shape index (κ3) is 3.03. The molecule has 0 aliphatic carbocycles. The maximum Gasteiger partial charge on any atom is 0.251 e. The number of fused-ring (bicyclic) bond motifs is 1. The van der Waals surface area contributed by atoms with Crippen LogP contribution in [0.25, 0.3) is 10.9 Å². The van der Waals surface area contributed by atoms with E-state index in [-0.39, 0.29) is 5.91 Å². The van der Waals surface area contributed by atoms with Gasteiger partial charge in [0.2, 0.25) is 0 Å². The first kappa shape index (κ1) is 14.0. The Bertz CT molecular complexity index is 800. The second-order valence-corrected chi connectivity index (χ2v) is 4.83. The monoisotopic (exact) mass is 293 g/mol. The quantitative estimate of drug-likeness (QED) is 0.803. The van der Waals surface area contributed by atoms with Crippen molar-refractivity contribution < 1.29 is 9.53 Å². The highest BCUT2D eigenvalue weighted by molar-refractivity contribution is 5.97. The van der Waals surface area contributed by atoms with Crippen LogP contribution in [0.5, 0.6) is 5.75 Å². The van der Waals surface area contributed by atoms with E-state index in [2.05, 4.69) is 15.3 Å². The fraction of sp³-hybridized carbons (Fsp3) is 0.118. The van der Waals surface area contributed by atoms with E-state index in [0.29, 0.717) is 12.1 Å². The molecule has 0 bridgehead atoms. The van der Waals surface area contributed by atoms with Gasteiger partial charge in [0, 0.05) is 23.7 Å². The van der Waals surface area contributed by atoms with Crippen LogP contribution in [0, 0.1) is 0 Å². The Kier molecular flexibility index (Phi) is 3.96. The van der Waals surface area contributed by atoms with Crippen LogP contribution < -0.4 is 10.1 Å². The smallest absolute Gasteiger partial charge is 0.251 e. The molecular formula is C17H15N3O2. The number of benzene rings is 2. The molecule has 0 unspecified atom stereocenters. The zero-order chi connectivity index (χ0) is 15.4. The topological polar surface area (TPSA) is 64.1 Å². The molecule has 0 aliphatic rings. The zero-order valence-corrected chi connectivity index (χ0v) is 12.1. The molecule has 5 nitrogen and oxygen atoms in total.